The van der Waals surface area contributed by atoms with Gasteiger partial charge in [0.25, 0.3) is 5.91 Å². The fourth-order valence-corrected chi connectivity index (χ4v) is 2.80. The maximum absolute atomic E-state index is 11.9. The zero-order valence-corrected chi connectivity index (χ0v) is 12.5. The highest BCUT2D eigenvalue weighted by Crippen LogP contribution is 2.19. The van der Waals surface area contributed by atoms with Crippen molar-refractivity contribution in [1.29, 1.82) is 0 Å². The lowest BCUT2D eigenvalue weighted by atomic mass is 10.2. The van der Waals surface area contributed by atoms with Crippen LogP contribution >= 0.6 is 11.6 Å². The van der Waals surface area contributed by atoms with Crippen LogP contribution in [0.15, 0.2) is 12.3 Å². The lowest BCUT2D eigenvalue weighted by Gasteiger charge is -2.13. The zero-order valence-electron chi connectivity index (χ0n) is 10.9. The Labute approximate surface area is 117 Å². The Kier molecular flexibility index (Phi) is 5.13. The van der Waals surface area contributed by atoms with Crippen molar-refractivity contribution in [1.82, 2.24) is 10.3 Å². The molecule has 1 atom stereocenters. The first kappa shape index (κ1) is 15.7. The first-order valence-corrected chi connectivity index (χ1v) is 7.98. The molecule has 0 aromatic carbocycles. The van der Waals surface area contributed by atoms with Crippen molar-refractivity contribution in [2.24, 2.45) is 0 Å². The van der Waals surface area contributed by atoms with E-state index in [1.165, 1.54) is 12.3 Å². The summed E-state index contributed by atoms with van der Waals surface area (Å²) in [6, 6.07) is 0.994. The SMILES string of the molecule is CNc1ncc(C(=O)NC(C)CS(C)(=O)=O)cc1Cl. The minimum Gasteiger partial charge on any atom is -0.372 e. The van der Waals surface area contributed by atoms with Crippen LogP contribution in [0.1, 0.15) is 17.3 Å². The summed E-state index contributed by atoms with van der Waals surface area (Å²) < 4.78 is 22.2. The molecule has 1 amide bonds. The maximum atomic E-state index is 11.9. The van der Waals surface area contributed by atoms with Gasteiger partial charge in [-0.3, -0.25) is 4.79 Å². The first-order valence-electron chi connectivity index (χ1n) is 5.55. The molecule has 19 heavy (non-hydrogen) atoms. The summed E-state index contributed by atoms with van der Waals surface area (Å²) in [5.74, 6) is -0.0512. The highest BCUT2D eigenvalue weighted by Gasteiger charge is 2.15. The second-order valence-electron chi connectivity index (χ2n) is 4.27. The minimum absolute atomic E-state index is 0.117. The molecular weight excluding hydrogens is 290 g/mol. The van der Waals surface area contributed by atoms with Crippen LogP contribution in [0.2, 0.25) is 5.02 Å². The van der Waals surface area contributed by atoms with Crippen molar-refractivity contribution < 1.29 is 13.2 Å². The highest BCUT2D eigenvalue weighted by molar-refractivity contribution is 7.90. The van der Waals surface area contributed by atoms with E-state index in [1.807, 2.05) is 0 Å². The summed E-state index contributed by atoms with van der Waals surface area (Å²) in [4.78, 5) is 15.8. The molecule has 1 unspecified atom stereocenters. The summed E-state index contributed by atoms with van der Waals surface area (Å²) in [6.45, 7) is 1.62. The molecule has 1 heterocycles. The van der Waals surface area contributed by atoms with Crippen LogP contribution in [0.4, 0.5) is 5.82 Å². The smallest absolute Gasteiger partial charge is 0.253 e. The van der Waals surface area contributed by atoms with E-state index in [0.717, 1.165) is 6.26 Å². The van der Waals surface area contributed by atoms with Crippen molar-refractivity contribution in [2.45, 2.75) is 13.0 Å². The zero-order chi connectivity index (χ0) is 14.6. The molecular formula is C11H16ClN3O3S. The molecule has 0 fully saturated rings. The number of nitrogens with zero attached hydrogens (tertiary/aromatic N) is 1. The van der Waals surface area contributed by atoms with Crippen LogP contribution in [0.5, 0.6) is 0 Å². The minimum atomic E-state index is -3.14. The van der Waals surface area contributed by atoms with Crippen LogP contribution in [0.25, 0.3) is 0 Å². The van der Waals surface area contributed by atoms with Crippen LogP contribution in [0, 0.1) is 0 Å². The van der Waals surface area contributed by atoms with Crippen molar-refractivity contribution in [3.8, 4) is 0 Å². The van der Waals surface area contributed by atoms with E-state index in [4.69, 9.17) is 11.6 Å². The number of halogens is 1. The Morgan fingerprint density at radius 2 is 2.16 bits per heavy atom. The van der Waals surface area contributed by atoms with E-state index in [1.54, 1.807) is 14.0 Å². The van der Waals surface area contributed by atoms with Crippen molar-refractivity contribution in [3.63, 3.8) is 0 Å². The first-order chi connectivity index (χ1) is 8.73. The third-order valence-electron chi connectivity index (χ3n) is 2.27. The molecule has 0 aliphatic rings. The van der Waals surface area contributed by atoms with Crippen LogP contribution in [-0.4, -0.2) is 44.4 Å². The van der Waals surface area contributed by atoms with Gasteiger partial charge in [-0.1, -0.05) is 11.6 Å². The van der Waals surface area contributed by atoms with Gasteiger partial charge in [-0.05, 0) is 13.0 Å². The lowest BCUT2D eigenvalue weighted by Crippen LogP contribution is -2.37. The number of sulfone groups is 1. The number of nitrogens with one attached hydrogen (secondary N) is 2. The number of hydrogen-bond donors (Lipinski definition) is 2. The number of pyridine rings is 1. The van der Waals surface area contributed by atoms with Gasteiger partial charge in [0.1, 0.15) is 15.7 Å². The molecule has 1 aromatic rings. The Balaban J connectivity index is 2.76. The highest BCUT2D eigenvalue weighted by atomic mass is 35.5. The number of amides is 1. The fraction of sp³-hybridized carbons (Fsp3) is 0.455. The van der Waals surface area contributed by atoms with E-state index in [2.05, 4.69) is 15.6 Å². The molecule has 1 aromatic heterocycles. The van der Waals surface area contributed by atoms with Crippen molar-refractivity contribution >= 4 is 33.2 Å². The molecule has 0 spiro atoms. The van der Waals surface area contributed by atoms with E-state index < -0.39 is 21.8 Å². The summed E-state index contributed by atoms with van der Waals surface area (Å²) >= 11 is 5.92. The molecule has 8 heteroatoms. The molecule has 0 aliphatic heterocycles. The molecule has 0 saturated carbocycles. The van der Waals surface area contributed by atoms with Gasteiger partial charge in [0.2, 0.25) is 0 Å². The lowest BCUT2D eigenvalue weighted by molar-refractivity contribution is 0.0943. The average molecular weight is 306 g/mol. The van der Waals surface area contributed by atoms with Crippen LogP contribution in [0.3, 0.4) is 0 Å². The predicted molar refractivity (Wildman–Crippen MR) is 75.4 cm³/mol. The van der Waals surface area contributed by atoms with Gasteiger partial charge in [-0.25, -0.2) is 13.4 Å². The number of carbonyl (C=O) groups is 1. The second kappa shape index (κ2) is 6.21. The topological polar surface area (TPSA) is 88.2 Å². The van der Waals surface area contributed by atoms with Gasteiger partial charge in [0.15, 0.2) is 0 Å². The Morgan fingerprint density at radius 1 is 1.53 bits per heavy atom. The van der Waals surface area contributed by atoms with E-state index in [9.17, 15) is 13.2 Å². The van der Waals surface area contributed by atoms with E-state index in [-0.39, 0.29) is 11.3 Å². The maximum Gasteiger partial charge on any atom is 0.253 e. The number of carbonyl (C=O) groups excluding carboxylic acids is 1. The van der Waals surface area contributed by atoms with E-state index >= 15 is 0 Å². The molecule has 6 nitrogen and oxygen atoms in total. The quantitative estimate of drug-likeness (QED) is 0.845. The van der Waals surface area contributed by atoms with Crippen molar-refractivity contribution in [3.05, 3.63) is 22.8 Å². The Hall–Kier alpha value is -1.34. The fourth-order valence-electron chi connectivity index (χ4n) is 1.55. The van der Waals surface area contributed by atoms with Gasteiger partial charge in [-0.2, -0.15) is 0 Å². The molecule has 0 radical (unpaired) electrons. The monoisotopic (exact) mass is 305 g/mol. The average Bonchev–Trinajstić information content (AvgIpc) is 2.26. The number of hydrogen-bond acceptors (Lipinski definition) is 5. The third kappa shape index (κ3) is 5.04. The van der Waals surface area contributed by atoms with E-state index in [0.29, 0.717) is 10.8 Å². The Bertz CT molecular complexity index is 575. The Morgan fingerprint density at radius 3 is 2.63 bits per heavy atom. The molecule has 0 aliphatic carbocycles. The van der Waals surface area contributed by atoms with Gasteiger partial charge in [-0.15, -0.1) is 0 Å². The second-order valence-corrected chi connectivity index (χ2v) is 6.86. The normalized spacial score (nSPS) is 12.8. The van der Waals surface area contributed by atoms with Gasteiger partial charge >= 0.3 is 0 Å². The summed E-state index contributed by atoms with van der Waals surface area (Å²) in [6.07, 6.45) is 2.50. The largest absolute Gasteiger partial charge is 0.372 e. The molecule has 106 valence electrons. The van der Waals surface area contributed by atoms with Gasteiger partial charge < -0.3 is 10.6 Å². The number of aromatic nitrogens is 1. The molecule has 0 bridgehead atoms. The summed E-state index contributed by atoms with van der Waals surface area (Å²) in [7, 11) is -1.47. The van der Waals surface area contributed by atoms with Crippen molar-refractivity contribution in [2.75, 3.05) is 24.4 Å². The summed E-state index contributed by atoms with van der Waals surface area (Å²) in [5.41, 5.74) is 0.282. The standard InChI is InChI=1S/C11H16ClN3O3S/c1-7(6-19(3,17)18)15-11(16)8-4-9(12)10(13-2)14-5-8/h4-5,7H,6H2,1-3H3,(H,13,14)(H,15,16). The third-order valence-corrected chi connectivity index (χ3v) is 3.66. The van der Waals surface area contributed by atoms with Crippen LogP contribution < -0.4 is 10.6 Å². The summed E-state index contributed by atoms with van der Waals surface area (Å²) in [5, 5.41) is 5.68. The number of rotatable bonds is 5. The number of anilines is 1. The molecule has 0 saturated heterocycles. The van der Waals surface area contributed by atoms with Gasteiger partial charge in [0.05, 0.1) is 16.3 Å². The molecule has 1 rings (SSSR count). The van der Waals surface area contributed by atoms with Crippen LogP contribution in [-0.2, 0) is 9.84 Å². The molecule has 2 N–H and O–H groups in total. The van der Waals surface area contributed by atoms with Gasteiger partial charge in [0, 0.05) is 25.5 Å². The predicted octanol–water partition coefficient (Wildman–Crippen LogP) is 0.940.